The first kappa shape index (κ1) is 28.7. The van der Waals surface area contributed by atoms with E-state index in [0.29, 0.717) is 49.1 Å². The predicted octanol–water partition coefficient (Wildman–Crippen LogP) is 4.32. The van der Waals surface area contributed by atoms with Crippen molar-refractivity contribution >= 4 is 17.3 Å². The van der Waals surface area contributed by atoms with Crippen LogP contribution in [0, 0.1) is 18.6 Å². The lowest BCUT2D eigenvalue weighted by molar-refractivity contribution is 0.249. The van der Waals surface area contributed by atoms with Gasteiger partial charge in [-0.2, -0.15) is 0 Å². The van der Waals surface area contributed by atoms with Crippen molar-refractivity contribution in [2.24, 2.45) is 5.73 Å². The van der Waals surface area contributed by atoms with E-state index >= 15 is 0 Å². The maximum atomic E-state index is 14.6. The number of rotatable bonds is 8. The molecule has 2 N–H and O–H groups in total. The summed E-state index contributed by atoms with van der Waals surface area (Å²) in [6.45, 7) is 4.26. The molecule has 214 valence electrons. The number of piperazine rings is 1. The maximum absolute atomic E-state index is 14.6. The fourth-order valence-electron chi connectivity index (χ4n) is 5.34. The summed E-state index contributed by atoms with van der Waals surface area (Å²) in [5.41, 5.74) is 7.52. The Bertz CT molecular complexity index is 1630. The van der Waals surface area contributed by atoms with Gasteiger partial charge in [-0.3, -0.25) is 18.8 Å². The van der Waals surface area contributed by atoms with Gasteiger partial charge in [-0.05, 0) is 36.2 Å². The first-order valence-electron chi connectivity index (χ1n) is 13.5. The Kier molecular flexibility index (Phi) is 8.68. The largest absolute Gasteiger partial charge is 0.363 e. The van der Waals surface area contributed by atoms with Crippen LogP contribution in [-0.2, 0) is 19.6 Å². The highest BCUT2D eigenvalue weighted by Crippen LogP contribution is 2.22. The minimum Gasteiger partial charge on any atom is -0.363 e. The number of benzene rings is 3. The second-order valence-electron chi connectivity index (χ2n) is 10.3. The Morgan fingerprint density at radius 1 is 0.829 bits per heavy atom. The molecule has 41 heavy (non-hydrogen) atoms. The third kappa shape index (κ3) is 6.12. The van der Waals surface area contributed by atoms with Crippen molar-refractivity contribution in [3.05, 3.63) is 133 Å². The van der Waals surface area contributed by atoms with Crippen LogP contribution in [0.25, 0.3) is 0 Å². The van der Waals surface area contributed by atoms with Crippen LogP contribution in [0.1, 0.15) is 28.4 Å². The van der Waals surface area contributed by atoms with E-state index in [1.54, 1.807) is 6.92 Å². The number of hydrogen-bond acceptors (Lipinski definition) is 5. The molecule has 1 fully saturated rings. The molecule has 2 heterocycles. The number of halogens is 3. The molecule has 0 spiro atoms. The van der Waals surface area contributed by atoms with Crippen LogP contribution in [0.5, 0.6) is 0 Å². The van der Waals surface area contributed by atoms with Crippen LogP contribution in [0.3, 0.4) is 0 Å². The average Bonchev–Trinajstić information content (AvgIpc) is 2.97. The van der Waals surface area contributed by atoms with Crippen molar-refractivity contribution in [3.63, 3.8) is 0 Å². The minimum atomic E-state index is -0.759. The summed E-state index contributed by atoms with van der Waals surface area (Å²) in [5, 5.41) is 0.705. The normalized spacial score (nSPS) is 14.8. The van der Waals surface area contributed by atoms with E-state index < -0.39 is 28.9 Å². The van der Waals surface area contributed by atoms with Gasteiger partial charge in [0.15, 0.2) is 0 Å². The van der Waals surface area contributed by atoms with Gasteiger partial charge in [0, 0.05) is 55.0 Å². The van der Waals surface area contributed by atoms with E-state index in [1.165, 1.54) is 10.6 Å². The molecule has 0 unspecified atom stereocenters. The topological polar surface area (TPSA) is 76.5 Å². The van der Waals surface area contributed by atoms with E-state index in [2.05, 4.69) is 4.90 Å². The molecule has 1 aliphatic heterocycles. The summed E-state index contributed by atoms with van der Waals surface area (Å²) >= 11 is 6.36. The van der Waals surface area contributed by atoms with Gasteiger partial charge in [0.2, 0.25) is 0 Å². The van der Waals surface area contributed by atoms with Crippen LogP contribution in [0.2, 0.25) is 5.02 Å². The number of aromatic nitrogens is 2. The number of hydrogen-bond donors (Lipinski definition) is 1. The molecule has 5 rings (SSSR count). The van der Waals surface area contributed by atoms with Crippen molar-refractivity contribution in [2.75, 3.05) is 31.1 Å². The van der Waals surface area contributed by atoms with E-state index in [9.17, 15) is 18.4 Å². The second kappa shape index (κ2) is 12.4. The highest BCUT2D eigenvalue weighted by molar-refractivity contribution is 6.31. The molecule has 0 radical (unpaired) electrons. The molecular formula is C31H32ClF2N5O2. The molecule has 1 aliphatic rings. The highest BCUT2D eigenvalue weighted by Gasteiger charge is 2.27. The van der Waals surface area contributed by atoms with E-state index in [0.717, 1.165) is 27.8 Å². The van der Waals surface area contributed by atoms with Crippen molar-refractivity contribution < 1.29 is 8.78 Å². The van der Waals surface area contributed by atoms with Gasteiger partial charge in [0.1, 0.15) is 17.3 Å². The molecule has 0 saturated carbocycles. The summed E-state index contributed by atoms with van der Waals surface area (Å²) in [6, 6.07) is 19.8. The van der Waals surface area contributed by atoms with Crippen molar-refractivity contribution in [3.8, 4) is 0 Å². The molecular weight excluding hydrogens is 548 g/mol. The maximum Gasteiger partial charge on any atom is 0.331 e. The molecule has 4 aromatic rings. The summed E-state index contributed by atoms with van der Waals surface area (Å²) in [5.74, 6) is -1.52. The lowest BCUT2D eigenvalue weighted by Crippen LogP contribution is -2.51. The van der Waals surface area contributed by atoms with Crippen LogP contribution in [0.15, 0.2) is 82.4 Å². The number of nitrogens with two attached hydrogens (primary N) is 1. The van der Waals surface area contributed by atoms with Crippen molar-refractivity contribution in [1.29, 1.82) is 0 Å². The van der Waals surface area contributed by atoms with Gasteiger partial charge in [-0.25, -0.2) is 13.6 Å². The standard InChI is InChI=1S/C31H32ClF2N5O2/c1-21-29(37-16-14-36(15-17-37)18-23-10-5-6-11-25(23)32)30(40)39(20-28(35)22-8-3-2-4-9-22)31(41)38(21)19-24-26(33)12-7-13-27(24)34/h2-13,28H,14-20,35H2,1H3/t28-/m1/s1. The first-order valence-corrected chi connectivity index (χ1v) is 13.9. The van der Waals surface area contributed by atoms with Gasteiger partial charge in [-0.15, -0.1) is 0 Å². The van der Waals surface area contributed by atoms with Gasteiger partial charge < -0.3 is 10.6 Å². The molecule has 1 saturated heterocycles. The summed E-state index contributed by atoms with van der Waals surface area (Å²) < 4.78 is 31.7. The zero-order valence-electron chi connectivity index (χ0n) is 22.8. The predicted molar refractivity (Wildman–Crippen MR) is 157 cm³/mol. The molecule has 0 aliphatic carbocycles. The van der Waals surface area contributed by atoms with Crippen molar-refractivity contribution in [1.82, 2.24) is 14.0 Å². The van der Waals surface area contributed by atoms with Crippen LogP contribution < -0.4 is 21.9 Å². The fraction of sp³-hybridized carbons (Fsp3) is 0.290. The molecule has 7 nitrogen and oxygen atoms in total. The third-order valence-corrected chi connectivity index (χ3v) is 8.05. The third-order valence-electron chi connectivity index (χ3n) is 7.68. The van der Waals surface area contributed by atoms with Crippen LogP contribution >= 0.6 is 11.6 Å². The molecule has 0 bridgehead atoms. The SMILES string of the molecule is Cc1c(N2CCN(Cc3ccccc3Cl)CC2)c(=O)n(C[C@@H](N)c2ccccc2)c(=O)n1Cc1c(F)cccc1F. The lowest BCUT2D eigenvalue weighted by atomic mass is 10.1. The van der Waals surface area contributed by atoms with Crippen molar-refractivity contribution in [2.45, 2.75) is 32.6 Å². The summed E-state index contributed by atoms with van der Waals surface area (Å²) in [6.07, 6.45) is 0. The Hall–Kier alpha value is -3.79. The Morgan fingerprint density at radius 3 is 2.12 bits per heavy atom. The molecule has 1 aromatic heterocycles. The van der Waals surface area contributed by atoms with Gasteiger partial charge in [-0.1, -0.05) is 66.2 Å². The fourth-order valence-corrected chi connectivity index (χ4v) is 5.53. The molecule has 3 aromatic carbocycles. The molecule has 0 amide bonds. The van der Waals surface area contributed by atoms with Crippen LogP contribution in [-0.4, -0.2) is 40.2 Å². The minimum absolute atomic E-state index is 0.0822. The molecule has 1 atom stereocenters. The average molecular weight is 580 g/mol. The van der Waals surface area contributed by atoms with Gasteiger partial charge in [0.25, 0.3) is 5.56 Å². The van der Waals surface area contributed by atoms with E-state index in [1.807, 2.05) is 59.5 Å². The summed E-state index contributed by atoms with van der Waals surface area (Å²) in [7, 11) is 0. The lowest BCUT2D eigenvalue weighted by Gasteiger charge is -2.37. The smallest absolute Gasteiger partial charge is 0.331 e. The Morgan fingerprint density at radius 2 is 1.46 bits per heavy atom. The quantitative estimate of drug-likeness (QED) is 0.336. The van der Waals surface area contributed by atoms with Crippen LogP contribution in [0.4, 0.5) is 14.5 Å². The first-order chi connectivity index (χ1) is 19.7. The van der Waals surface area contributed by atoms with E-state index in [-0.39, 0.29) is 18.7 Å². The van der Waals surface area contributed by atoms with Gasteiger partial charge in [0.05, 0.1) is 13.1 Å². The van der Waals surface area contributed by atoms with Gasteiger partial charge >= 0.3 is 5.69 Å². The zero-order chi connectivity index (χ0) is 29.1. The Balaban J connectivity index is 1.50. The zero-order valence-corrected chi connectivity index (χ0v) is 23.5. The Labute approximate surface area is 242 Å². The number of nitrogens with zero attached hydrogens (tertiary/aromatic N) is 4. The van der Waals surface area contributed by atoms with E-state index in [4.69, 9.17) is 17.3 Å². The number of anilines is 1. The highest BCUT2D eigenvalue weighted by atomic mass is 35.5. The summed E-state index contributed by atoms with van der Waals surface area (Å²) in [4.78, 5) is 31.8. The monoisotopic (exact) mass is 579 g/mol. The molecule has 10 heteroatoms. The second-order valence-corrected chi connectivity index (χ2v) is 10.7.